The maximum Gasteiger partial charge on any atom is 0.257 e. The molecule has 0 N–H and O–H groups in total. The summed E-state index contributed by atoms with van der Waals surface area (Å²) in [5, 5.41) is -0.212. The quantitative estimate of drug-likeness (QED) is 0.717. The van der Waals surface area contributed by atoms with E-state index in [-0.39, 0.29) is 11.2 Å². The van der Waals surface area contributed by atoms with Crippen LogP contribution in [0.25, 0.3) is 0 Å². The van der Waals surface area contributed by atoms with Crippen LogP contribution in [0.4, 0.5) is 8.78 Å². The molecule has 1 aliphatic heterocycles. The molecule has 0 bridgehead atoms. The van der Waals surface area contributed by atoms with E-state index in [4.69, 9.17) is 14.2 Å². The highest BCUT2D eigenvalue weighted by Gasteiger charge is 2.28. The third-order valence-corrected chi connectivity index (χ3v) is 6.18. The van der Waals surface area contributed by atoms with E-state index in [2.05, 4.69) is 0 Å². The number of carbonyl (C=O) groups excluding carboxylic acids is 1. The van der Waals surface area contributed by atoms with Gasteiger partial charge < -0.3 is 19.1 Å². The minimum atomic E-state index is -0.464. The van der Waals surface area contributed by atoms with Crippen molar-refractivity contribution in [3.63, 3.8) is 0 Å². The summed E-state index contributed by atoms with van der Waals surface area (Å²) in [6.45, 7) is 0.915. The van der Waals surface area contributed by atoms with Gasteiger partial charge in [-0.1, -0.05) is 0 Å². The maximum atomic E-state index is 14.2. The van der Waals surface area contributed by atoms with Crippen LogP contribution in [-0.4, -0.2) is 51.0 Å². The Kier molecular flexibility index (Phi) is 6.84. The molecule has 156 valence electrons. The number of hydrogen-bond acceptors (Lipinski definition) is 5. The van der Waals surface area contributed by atoms with Crippen molar-refractivity contribution in [3.05, 3.63) is 53.1 Å². The number of carbonyl (C=O) groups is 1. The summed E-state index contributed by atoms with van der Waals surface area (Å²) in [4.78, 5) is 14.9. The van der Waals surface area contributed by atoms with Crippen LogP contribution in [0.15, 0.2) is 30.3 Å². The van der Waals surface area contributed by atoms with Gasteiger partial charge in [0.1, 0.15) is 11.6 Å². The monoisotopic (exact) mass is 423 g/mol. The van der Waals surface area contributed by atoms with Crippen molar-refractivity contribution < 1.29 is 27.8 Å². The fourth-order valence-corrected chi connectivity index (χ4v) is 4.67. The van der Waals surface area contributed by atoms with Crippen molar-refractivity contribution in [2.75, 3.05) is 40.2 Å². The molecule has 1 saturated heterocycles. The van der Waals surface area contributed by atoms with Gasteiger partial charge in [0.05, 0.1) is 26.9 Å². The van der Waals surface area contributed by atoms with Gasteiger partial charge in [-0.15, -0.1) is 0 Å². The average molecular weight is 423 g/mol. The molecule has 0 saturated carbocycles. The topological polar surface area (TPSA) is 48.0 Å². The Morgan fingerprint density at radius 2 is 1.79 bits per heavy atom. The molecule has 1 amide bonds. The standard InChI is InChI=1S/C21H23F2NO4S/c1-26-17-7-5-14(19(27-2)20(17)28-3)21(25)24-9-8-18(29-11-10-24)15-12-13(22)4-6-16(15)23/h4-7,12,18H,8-11H2,1-3H3. The van der Waals surface area contributed by atoms with Crippen LogP contribution < -0.4 is 14.2 Å². The Morgan fingerprint density at radius 3 is 2.48 bits per heavy atom. The lowest BCUT2D eigenvalue weighted by atomic mass is 10.1. The second kappa shape index (κ2) is 9.35. The minimum absolute atomic E-state index is 0.205. The van der Waals surface area contributed by atoms with Gasteiger partial charge in [0.15, 0.2) is 11.5 Å². The summed E-state index contributed by atoms with van der Waals surface area (Å²) < 4.78 is 43.8. The van der Waals surface area contributed by atoms with Crippen molar-refractivity contribution in [2.24, 2.45) is 0 Å². The van der Waals surface area contributed by atoms with Crippen LogP contribution in [-0.2, 0) is 0 Å². The lowest BCUT2D eigenvalue weighted by molar-refractivity contribution is 0.0762. The maximum absolute atomic E-state index is 14.2. The minimum Gasteiger partial charge on any atom is -0.493 e. The van der Waals surface area contributed by atoms with Gasteiger partial charge in [0.25, 0.3) is 5.91 Å². The molecule has 29 heavy (non-hydrogen) atoms. The van der Waals surface area contributed by atoms with Crippen molar-refractivity contribution in [1.82, 2.24) is 4.90 Å². The Labute approximate surface area is 172 Å². The van der Waals surface area contributed by atoms with E-state index in [1.165, 1.54) is 39.2 Å². The molecule has 2 aromatic carbocycles. The van der Waals surface area contributed by atoms with Crippen molar-refractivity contribution in [2.45, 2.75) is 11.7 Å². The molecule has 1 atom stereocenters. The highest BCUT2D eigenvalue weighted by Crippen LogP contribution is 2.41. The van der Waals surface area contributed by atoms with E-state index >= 15 is 0 Å². The average Bonchev–Trinajstić information content (AvgIpc) is 2.99. The molecule has 8 heteroatoms. The molecule has 1 unspecified atom stereocenters. The molecule has 0 aromatic heterocycles. The van der Waals surface area contributed by atoms with Crippen LogP contribution in [0.1, 0.15) is 27.6 Å². The number of thioether (sulfide) groups is 1. The second-order valence-corrected chi connectivity index (χ2v) is 7.80. The van der Waals surface area contributed by atoms with E-state index in [0.29, 0.717) is 53.6 Å². The Morgan fingerprint density at radius 1 is 1.03 bits per heavy atom. The van der Waals surface area contributed by atoms with Crippen molar-refractivity contribution >= 4 is 17.7 Å². The first kappa shape index (κ1) is 21.2. The molecule has 1 fully saturated rings. The molecule has 1 heterocycles. The van der Waals surface area contributed by atoms with Gasteiger partial charge in [0.2, 0.25) is 5.75 Å². The molecule has 1 aliphatic rings. The van der Waals surface area contributed by atoms with Gasteiger partial charge in [-0.2, -0.15) is 11.8 Å². The van der Waals surface area contributed by atoms with E-state index in [1.54, 1.807) is 17.0 Å². The summed E-state index contributed by atoms with van der Waals surface area (Å²) in [7, 11) is 4.46. The van der Waals surface area contributed by atoms with Crippen LogP contribution in [0.5, 0.6) is 17.2 Å². The second-order valence-electron chi connectivity index (χ2n) is 6.49. The molecular formula is C21H23F2NO4S. The number of benzene rings is 2. The third kappa shape index (κ3) is 4.42. The van der Waals surface area contributed by atoms with Gasteiger partial charge in [-0.05, 0) is 36.8 Å². The summed E-state index contributed by atoms with van der Waals surface area (Å²) in [6.07, 6.45) is 0.520. The SMILES string of the molecule is COc1ccc(C(=O)N2CCSC(c3cc(F)ccc3F)CC2)c(OC)c1OC. The highest BCUT2D eigenvalue weighted by molar-refractivity contribution is 7.99. The van der Waals surface area contributed by atoms with E-state index < -0.39 is 11.6 Å². The largest absolute Gasteiger partial charge is 0.493 e. The lowest BCUT2D eigenvalue weighted by Crippen LogP contribution is -2.33. The summed E-state index contributed by atoms with van der Waals surface area (Å²) >= 11 is 1.52. The fraction of sp³-hybridized carbons (Fsp3) is 0.381. The van der Waals surface area contributed by atoms with Crippen molar-refractivity contribution in [3.8, 4) is 17.2 Å². The predicted molar refractivity (Wildman–Crippen MR) is 108 cm³/mol. The smallest absolute Gasteiger partial charge is 0.257 e. The summed E-state index contributed by atoms with van der Waals surface area (Å²) in [5.74, 6) is 0.644. The molecule has 3 rings (SSSR count). The first-order chi connectivity index (χ1) is 14.0. The van der Waals surface area contributed by atoms with E-state index in [9.17, 15) is 13.6 Å². The zero-order chi connectivity index (χ0) is 21.0. The van der Waals surface area contributed by atoms with Gasteiger partial charge in [-0.25, -0.2) is 8.78 Å². The summed E-state index contributed by atoms with van der Waals surface area (Å²) in [5.41, 5.74) is 0.707. The van der Waals surface area contributed by atoms with E-state index in [0.717, 1.165) is 12.1 Å². The molecule has 5 nitrogen and oxygen atoms in total. The molecular weight excluding hydrogens is 400 g/mol. The number of rotatable bonds is 5. The number of methoxy groups -OCH3 is 3. The zero-order valence-electron chi connectivity index (χ0n) is 16.5. The van der Waals surface area contributed by atoms with Crippen LogP contribution in [0, 0.1) is 11.6 Å². The fourth-order valence-electron chi connectivity index (χ4n) is 3.42. The Hall–Kier alpha value is -2.48. The summed E-state index contributed by atoms with van der Waals surface area (Å²) in [6, 6.07) is 6.80. The number of ether oxygens (including phenoxy) is 3. The van der Waals surface area contributed by atoms with Crippen LogP contribution in [0.2, 0.25) is 0 Å². The molecule has 2 aromatic rings. The zero-order valence-corrected chi connectivity index (χ0v) is 17.4. The number of nitrogens with zero attached hydrogens (tertiary/aromatic N) is 1. The molecule has 0 radical (unpaired) electrons. The normalized spacial score (nSPS) is 16.9. The first-order valence-electron chi connectivity index (χ1n) is 9.15. The number of hydrogen-bond donors (Lipinski definition) is 0. The highest BCUT2D eigenvalue weighted by atomic mass is 32.2. The van der Waals surface area contributed by atoms with Gasteiger partial charge in [-0.3, -0.25) is 4.79 Å². The molecule has 0 spiro atoms. The van der Waals surface area contributed by atoms with Gasteiger partial charge in [0, 0.05) is 29.7 Å². The Balaban J connectivity index is 1.82. The third-order valence-electron chi connectivity index (χ3n) is 4.87. The van der Waals surface area contributed by atoms with E-state index in [1.807, 2.05) is 0 Å². The number of halogens is 2. The first-order valence-corrected chi connectivity index (χ1v) is 10.2. The number of amides is 1. The van der Waals surface area contributed by atoms with Crippen molar-refractivity contribution in [1.29, 1.82) is 0 Å². The molecule has 0 aliphatic carbocycles. The Bertz CT molecular complexity index is 893. The lowest BCUT2D eigenvalue weighted by Gasteiger charge is -2.23. The van der Waals surface area contributed by atoms with Crippen LogP contribution >= 0.6 is 11.8 Å². The predicted octanol–water partition coefficient (Wildman–Crippen LogP) is 4.31. The van der Waals surface area contributed by atoms with Crippen LogP contribution in [0.3, 0.4) is 0 Å². The van der Waals surface area contributed by atoms with Gasteiger partial charge >= 0.3 is 0 Å².